The van der Waals surface area contributed by atoms with Crippen molar-refractivity contribution in [3.05, 3.63) is 36.5 Å². The van der Waals surface area contributed by atoms with Crippen LogP contribution in [0.3, 0.4) is 0 Å². The highest BCUT2D eigenvalue weighted by atomic mass is 16.5. The van der Waals surface area contributed by atoms with Gasteiger partial charge in [0.05, 0.1) is 18.1 Å². The summed E-state index contributed by atoms with van der Waals surface area (Å²) in [5.41, 5.74) is 0.955. The summed E-state index contributed by atoms with van der Waals surface area (Å²) in [6, 6.07) is 11.9. The molecule has 2 aliphatic rings. The Labute approximate surface area is 153 Å². The SMILES string of the molecule is N#C[C@@H]1CCCN1C(=O)CN1CC[C@H](Oc2ccc3ncccc3c2)C1. The van der Waals surface area contributed by atoms with Crippen molar-refractivity contribution in [2.45, 2.75) is 31.4 Å². The second-order valence-corrected chi connectivity index (χ2v) is 7.00. The van der Waals surface area contributed by atoms with E-state index in [1.165, 1.54) is 0 Å². The van der Waals surface area contributed by atoms with E-state index in [1.807, 2.05) is 30.3 Å². The van der Waals surface area contributed by atoms with Crippen LogP contribution in [-0.2, 0) is 4.79 Å². The number of nitrogens with zero attached hydrogens (tertiary/aromatic N) is 4. The highest BCUT2D eigenvalue weighted by Crippen LogP contribution is 2.23. The summed E-state index contributed by atoms with van der Waals surface area (Å²) in [6.45, 7) is 2.66. The van der Waals surface area contributed by atoms with Gasteiger partial charge in [-0.15, -0.1) is 0 Å². The van der Waals surface area contributed by atoms with Crippen LogP contribution in [0.5, 0.6) is 5.75 Å². The van der Waals surface area contributed by atoms with Crippen molar-refractivity contribution in [1.29, 1.82) is 5.26 Å². The number of nitriles is 1. The first-order valence-electron chi connectivity index (χ1n) is 9.16. The minimum absolute atomic E-state index is 0.0616. The van der Waals surface area contributed by atoms with E-state index in [9.17, 15) is 4.79 Å². The predicted octanol–water partition coefficient (Wildman–Crippen LogP) is 2.20. The molecule has 3 heterocycles. The third-order valence-corrected chi connectivity index (χ3v) is 5.19. The molecule has 6 nitrogen and oxygen atoms in total. The van der Waals surface area contributed by atoms with Crippen molar-refractivity contribution in [3.63, 3.8) is 0 Å². The Balaban J connectivity index is 1.33. The fourth-order valence-electron chi connectivity index (χ4n) is 3.84. The number of rotatable bonds is 4. The molecule has 1 aromatic heterocycles. The van der Waals surface area contributed by atoms with Gasteiger partial charge in [0.2, 0.25) is 5.91 Å². The number of carbonyl (C=O) groups excluding carboxylic acids is 1. The Kier molecular flexibility index (Phi) is 4.72. The molecule has 0 aliphatic carbocycles. The molecule has 134 valence electrons. The maximum Gasteiger partial charge on any atom is 0.237 e. The highest BCUT2D eigenvalue weighted by Gasteiger charge is 2.32. The van der Waals surface area contributed by atoms with E-state index in [0.717, 1.165) is 49.0 Å². The van der Waals surface area contributed by atoms with E-state index in [-0.39, 0.29) is 18.1 Å². The number of ether oxygens (including phenoxy) is 1. The van der Waals surface area contributed by atoms with Crippen molar-refractivity contribution < 1.29 is 9.53 Å². The molecule has 2 saturated heterocycles. The molecule has 0 unspecified atom stereocenters. The van der Waals surface area contributed by atoms with E-state index < -0.39 is 0 Å². The molecule has 2 atom stereocenters. The van der Waals surface area contributed by atoms with Crippen molar-refractivity contribution in [1.82, 2.24) is 14.8 Å². The Hall–Kier alpha value is -2.65. The molecule has 2 fully saturated rings. The van der Waals surface area contributed by atoms with Gasteiger partial charge in [-0.2, -0.15) is 5.26 Å². The topological polar surface area (TPSA) is 69.5 Å². The third-order valence-electron chi connectivity index (χ3n) is 5.19. The van der Waals surface area contributed by atoms with E-state index >= 15 is 0 Å². The minimum atomic E-state index is -0.247. The molecule has 0 radical (unpaired) electrons. The number of fused-ring (bicyclic) bond motifs is 1. The Morgan fingerprint density at radius 2 is 2.23 bits per heavy atom. The zero-order valence-corrected chi connectivity index (χ0v) is 14.7. The smallest absolute Gasteiger partial charge is 0.237 e. The number of benzene rings is 1. The molecule has 0 spiro atoms. The fraction of sp³-hybridized carbons (Fsp3) is 0.450. The normalized spacial score (nSPS) is 23.3. The number of aromatic nitrogens is 1. The van der Waals surface area contributed by atoms with Crippen molar-refractivity contribution in [2.24, 2.45) is 0 Å². The molecule has 0 N–H and O–H groups in total. The number of pyridine rings is 1. The van der Waals surface area contributed by atoms with E-state index in [4.69, 9.17) is 10.00 Å². The van der Waals surface area contributed by atoms with Crippen LogP contribution in [0.1, 0.15) is 19.3 Å². The summed E-state index contributed by atoms with van der Waals surface area (Å²) >= 11 is 0. The lowest BCUT2D eigenvalue weighted by atomic mass is 10.2. The lowest BCUT2D eigenvalue weighted by Gasteiger charge is -2.23. The predicted molar refractivity (Wildman–Crippen MR) is 97.6 cm³/mol. The summed E-state index contributed by atoms with van der Waals surface area (Å²) in [7, 11) is 0. The Bertz CT molecular complexity index is 847. The van der Waals surface area contributed by atoms with E-state index in [0.29, 0.717) is 13.1 Å². The largest absolute Gasteiger partial charge is 0.489 e. The molecule has 26 heavy (non-hydrogen) atoms. The van der Waals surface area contributed by atoms with Gasteiger partial charge in [-0.25, -0.2) is 0 Å². The number of likely N-dealkylation sites (tertiary alicyclic amines) is 2. The van der Waals surface area contributed by atoms with Gasteiger partial charge < -0.3 is 9.64 Å². The van der Waals surface area contributed by atoms with E-state index in [2.05, 4.69) is 16.0 Å². The van der Waals surface area contributed by atoms with Crippen LogP contribution in [0, 0.1) is 11.3 Å². The van der Waals surface area contributed by atoms with Crippen LogP contribution in [0.15, 0.2) is 36.5 Å². The average Bonchev–Trinajstić information content (AvgIpc) is 3.30. The fourth-order valence-corrected chi connectivity index (χ4v) is 3.84. The van der Waals surface area contributed by atoms with Gasteiger partial charge in [0.25, 0.3) is 0 Å². The lowest BCUT2D eigenvalue weighted by molar-refractivity contribution is -0.132. The third kappa shape index (κ3) is 3.49. The number of hydrogen-bond donors (Lipinski definition) is 0. The van der Waals surface area contributed by atoms with Crippen LogP contribution in [-0.4, -0.2) is 59.0 Å². The standard InChI is InChI=1S/C20H22N4O2/c21-12-16-4-2-9-24(16)20(25)14-23-10-7-18(13-23)26-17-5-6-19-15(11-17)3-1-8-22-19/h1,3,5-6,8,11,16,18H,2,4,7,9-10,13-14H2/t16-,18-/m0/s1. The average molecular weight is 350 g/mol. The van der Waals surface area contributed by atoms with Crippen molar-refractivity contribution >= 4 is 16.8 Å². The minimum Gasteiger partial charge on any atom is -0.489 e. The molecule has 1 amide bonds. The second kappa shape index (κ2) is 7.30. The van der Waals surface area contributed by atoms with Crippen LogP contribution < -0.4 is 4.74 Å². The first kappa shape index (κ1) is 16.8. The molecule has 4 rings (SSSR count). The van der Waals surface area contributed by atoms with Crippen molar-refractivity contribution in [2.75, 3.05) is 26.2 Å². The molecule has 2 aliphatic heterocycles. The van der Waals surface area contributed by atoms with E-state index in [1.54, 1.807) is 11.1 Å². The summed E-state index contributed by atoms with van der Waals surface area (Å²) in [5, 5.41) is 10.2. The van der Waals surface area contributed by atoms with Gasteiger partial charge >= 0.3 is 0 Å². The van der Waals surface area contributed by atoms with Crippen molar-refractivity contribution in [3.8, 4) is 11.8 Å². The molecule has 1 aromatic carbocycles. The van der Waals surface area contributed by atoms with Gasteiger partial charge in [0, 0.05) is 31.2 Å². The molecule has 0 bridgehead atoms. The van der Waals surface area contributed by atoms with Crippen LogP contribution >= 0.6 is 0 Å². The highest BCUT2D eigenvalue weighted by molar-refractivity contribution is 5.80. The monoisotopic (exact) mass is 350 g/mol. The zero-order valence-electron chi connectivity index (χ0n) is 14.7. The zero-order chi connectivity index (χ0) is 17.9. The van der Waals surface area contributed by atoms with Gasteiger partial charge in [0.1, 0.15) is 17.9 Å². The molecule has 2 aromatic rings. The summed E-state index contributed by atoms with van der Waals surface area (Å²) < 4.78 is 6.12. The Morgan fingerprint density at radius 3 is 3.12 bits per heavy atom. The molecule has 6 heteroatoms. The Morgan fingerprint density at radius 1 is 1.31 bits per heavy atom. The maximum absolute atomic E-state index is 12.5. The van der Waals surface area contributed by atoms with Gasteiger partial charge in [-0.3, -0.25) is 14.7 Å². The summed E-state index contributed by atoms with van der Waals surface area (Å²) in [4.78, 5) is 20.6. The molecular weight excluding hydrogens is 328 g/mol. The first-order valence-corrected chi connectivity index (χ1v) is 9.16. The quantitative estimate of drug-likeness (QED) is 0.845. The number of carbonyl (C=O) groups is 1. The van der Waals surface area contributed by atoms with Gasteiger partial charge in [-0.1, -0.05) is 6.07 Å². The van der Waals surface area contributed by atoms with Crippen LogP contribution in [0.2, 0.25) is 0 Å². The summed E-state index contributed by atoms with van der Waals surface area (Å²) in [5.74, 6) is 0.902. The number of hydrogen-bond acceptors (Lipinski definition) is 5. The second-order valence-electron chi connectivity index (χ2n) is 7.00. The molecular formula is C20H22N4O2. The molecule has 0 saturated carbocycles. The van der Waals surface area contributed by atoms with Gasteiger partial charge in [-0.05, 0) is 43.5 Å². The van der Waals surface area contributed by atoms with Crippen LogP contribution in [0.25, 0.3) is 10.9 Å². The number of amides is 1. The first-order chi connectivity index (χ1) is 12.7. The maximum atomic E-state index is 12.5. The van der Waals surface area contributed by atoms with Crippen LogP contribution in [0.4, 0.5) is 0 Å². The van der Waals surface area contributed by atoms with Gasteiger partial charge in [0.15, 0.2) is 0 Å². The summed E-state index contributed by atoms with van der Waals surface area (Å²) in [6.07, 6.45) is 4.49. The lowest BCUT2D eigenvalue weighted by Crippen LogP contribution is -2.42.